The van der Waals surface area contributed by atoms with Crippen molar-refractivity contribution in [2.45, 2.75) is 6.61 Å². The van der Waals surface area contributed by atoms with Gasteiger partial charge in [-0.1, -0.05) is 11.6 Å². The summed E-state index contributed by atoms with van der Waals surface area (Å²) in [5.74, 6) is 0.190. The molecule has 0 aromatic carbocycles. The Balaban J connectivity index is 2.11. The van der Waals surface area contributed by atoms with E-state index < -0.39 is 6.61 Å². The highest BCUT2D eigenvalue weighted by Crippen LogP contribution is 2.19. The normalized spacial score (nSPS) is 10.3. The maximum atomic E-state index is 11.9. The third kappa shape index (κ3) is 3.26. The van der Waals surface area contributed by atoms with Gasteiger partial charge in [0.25, 0.3) is 0 Å². The van der Waals surface area contributed by atoms with Crippen molar-refractivity contribution in [3.05, 3.63) is 23.1 Å². The number of nitrogens with one attached hydrogen (secondary N) is 2. The van der Waals surface area contributed by atoms with Crippen LogP contribution in [0.3, 0.4) is 0 Å². The molecule has 2 aromatic rings. The molecule has 0 aliphatic heterocycles. The highest BCUT2D eigenvalue weighted by Gasteiger charge is 2.09. The lowest BCUT2D eigenvalue weighted by Gasteiger charge is -2.01. The Labute approximate surface area is 110 Å². The molecule has 10 heteroatoms. The first-order chi connectivity index (χ1) is 9.08. The van der Waals surface area contributed by atoms with Crippen LogP contribution in [0.5, 0.6) is 5.88 Å². The van der Waals surface area contributed by atoms with Crippen molar-refractivity contribution in [2.75, 3.05) is 5.32 Å². The van der Waals surface area contributed by atoms with Crippen molar-refractivity contribution >= 4 is 23.2 Å². The van der Waals surface area contributed by atoms with E-state index in [-0.39, 0.29) is 28.4 Å². The fourth-order valence-corrected chi connectivity index (χ4v) is 1.34. The van der Waals surface area contributed by atoms with E-state index in [1.807, 2.05) is 0 Å². The van der Waals surface area contributed by atoms with Crippen molar-refractivity contribution in [3.8, 4) is 11.9 Å². The van der Waals surface area contributed by atoms with Crippen molar-refractivity contribution in [1.29, 1.82) is 5.26 Å². The molecule has 0 bridgehead atoms. The van der Waals surface area contributed by atoms with E-state index in [2.05, 4.69) is 30.2 Å². The van der Waals surface area contributed by atoms with Gasteiger partial charge in [0.15, 0.2) is 22.5 Å². The zero-order valence-corrected chi connectivity index (χ0v) is 9.82. The maximum Gasteiger partial charge on any atom is 0.388 e. The van der Waals surface area contributed by atoms with E-state index in [0.29, 0.717) is 0 Å². The van der Waals surface area contributed by atoms with Crippen LogP contribution in [0, 0.1) is 11.3 Å². The van der Waals surface area contributed by atoms with Gasteiger partial charge in [-0.3, -0.25) is 0 Å². The summed E-state index contributed by atoms with van der Waals surface area (Å²) in [6.45, 7) is -2.95. The van der Waals surface area contributed by atoms with E-state index in [1.54, 1.807) is 6.07 Å². The van der Waals surface area contributed by atoms with Gasteiger partial charge in [-0.2, -0.15) is 19.1 Å². The van der Waals surface area contributed by atoms with Gasteiger partial charge in [0, 0.05) is 6.07 Å². The summed E-state index contributed by atoms with van der Waals surface area (Å²) in [6.07, 6.45) is 1.26. The smallest absolute Gasteiger partial charge is 0.388 e. The lowest BCUT2D eigenvalue weighted by Crippen LogP contribution is -2.01. The summed E-state index contributed by atoms with van der Waals surface area (Å²) in [5.41, 5.74) is -0.0176. The third-order valence-corrected chi connectivity index (χ3v) is 2.13. The quantitative estimate of drug-likeness (QED) is 0.892. The van der Waals surface area contributed by atoms with E-state index in [9.17, 15) is 8.78 Å². The minimum atomic E-state index is -2.95. The molecule has 0 radical (unpaired) electrons. The molecule has 2 N–H and O–H groups in total. The number of hydrogen-bond donors (Lipinski definition) is 2. The molecule has 2 aromatic heterocycles. The Morgan fingerprint density at radius 2 is 2.26 bits per heavy atom. The van der Waals surface area contributed by atoms with Gasteiger partial charge >= 0.3 is 6.61 Å². The summed E-state index contributed by atoms with van der Waals surface area (Å²) < 4.78 is 28.0. The van der Waals surface area contributed by atoms with Gasteiger partial charge in [-0.25, -0.2) is 15.1 Å². The molecule has 0 unspecified atom stereocenters. The van der Waals surface area contributed by atoms with Crippen molar-refractivity contribution in [2.24, 2.45) is 0 Å². The summed E-state index contributed by atoms with van der Waals surface area (Å²) in [5, 5.41) is 17.1. The molecule has 0 atom stereocenters. The van der Waals surface area contributed by atoms with Crippen LogP contribution in [0.4, 0.5) is 20.4 Å². The first-order valence-corrected chi connectivity index (χ1v) is 5.16. The van der Waals surface area contributed by atoms with Crippen LogP contribution in [0.25, 0.3) is 0 Å². The first kappa shape index (κ1) is 13.0. The third-order valence-electron chi connectivity index (χ3n) is 1.86. The number of anilines is 2. The van der Waals surface area contributed by atoms with Crippen molar-refractivity contribution in [1.82, 2.24) is 20.2 Å². The minimum Gasteiger partial charge on any atom is -0.417 e. The van der Waals surface area contributed by atoms with E-state index in [4.69, 9.17) is 16.9 Å². The molecule has 0 fully saturated rings. The molecule has 2 rings (SSSR count). The number of rotatable bonds is 4. The second-order valence-electron chi connectivity index (χ2n) is 3.13. The number of H-pyrrole nitrogens is 1. The standard InChI is InChI=1S/C9H5ClF2N6O/c10-8-4(2-13)14-3-6(16-8)15-5-1-7(18-17-5)19-9(11)12/h1,3,9H,(H2,15,16,17,18). The SMILES string of the molecule is N#Cc1ncc(Nc2cc(OC(F)F)[nH]n2)nc1Cl. The van der Waals surface area contributed by atoms with Gasteiger partial charge < -0.3 is 10.1 Å². The van der Waals surface area contributed by atoms with Crippen LogP contribution < -0.4 is 10.1 Å². The van der Waals surface area contributed by atoms with Crippen LogP contribution >= 0.6 is 11.6 Å². The summed E-state index contributed by atoms with van der Waals surface area (Å²) in [4.78, 5) is 7.58. The summed E-state index contributed by atoms with van der Waals surface area (Å²) in [7, 11) is 0. The average molecular weight is 287 g/mol. The van der Waals surface area contributed by atoms with Gasteiger partial charge in [-0.05, 0) is 0 Å². The lowest BCUT2D eigenvalue weighted by molar-refractivity contribution is -0.0528. The minimum absolute atomic E-state index is 0.0176. The molecule has 0 aliphatic rings. The van der Waals surface area contributed by atoms with Crippen molar-refractivity contribution in [3.63, 3.8) is 0 Å². The second-order valence-corrected chi connectivity index (χ2v) is 3.49. The Morgan fingerprint density at radius 1 is 1.47 bits per heavy atom. The Hall–Kier alpha value is -2.47. The molecular weight excluding hydrogens is 282 g/mol. The Bertz CT molecular complexity index is 625. The molecule has 0 amide bonds. The topological polar surface area (TPSA) is 99.5 Å². The molecule has 0 saturated heterocycles. The van der Waals surface area contributed by atoms with Gasteiger partial charge in [0.2, 0.25) is 5.88 Å². The van der Waals surface area contributed by atoms with E-state index in [1.165, 1.54) is 12.3 Å². The van der Waals surface area contributed by atoms with Crippen LogP contribution in [0.2, 0.25) is 5.15 Å². The van der Waals surface area contributed by atoms with Gasteiger partial charge in [0.1, 0.15) is 6.07 Å². The van der Waals surface area contributed by atoms with Gasteiger partial charge in [0.05, 0.1) is 6.20 Å². The number of ether oxygens (including phenoxy) is 1. The zero-order valence-electron chi connectivity index (χ0n) is 9.06. The highest BCUT2D eigenvalue weighted by atomic mass is 35.5. The zero-order chi connectivity index (χ0) is 13.8. The fourth-order valence-electron chi connectivity index (χ4n) is 1.16. The molecule has 98 valence electrons. The van der Waals surface area contributed by atoms with E-state index in [0.717, 1.165) is 0 Å². The fraction of sp³-hybridized carbons (Fsp3) is 0.111. The maximum absolute atomic E-state index is 11.9. The molecule has 19 heavy (non-hydrogen) atoms. The average Bonchev–Trinajstić information content (AvgIpc) is 2.76. The number of nitriles is 1. The van der Waals surface area contributed by atoms with Crippen LogP contribution in [-0.4, -0.2) is 26.8 Å². The van der Waals surface area contributed by atoms with Crippen molar-refractivity contribution < 1.29 is 13.5 Å². The second kappa shape index (κ2) is 5.45. The molecule has 0 saturated carbocycles. The number of alkyl halides is 2. The summed E-state index contributed by atoms with van der Waals surface area (Å²) >= 11 is 5.68. The Morgan fingerprint density at radius 3 is 2.89 bits per heavy atom. The highest BCUT2D eigenvalue weighted by molar-refractivity contribution is 6.30. The number of halogens is 3. The lowest BCUT2D eigenvalue weighted by atomic mass is 10.5. The monoisotopic (exact) mass is 286 g/mol. The predicted octanol–water partition coefficient (Wildman–Crippen LogP) is 2.07. The first-order valence-electron chi connectivity index (χ1n) is 4.78. The number of nitrogens with zero attached hydrogens (tertiary/aromatic N) is 4. The van der Waals surface area contributed by atoms with E-state index >= 15 is 0 Å². The number of hydrogen-bond acceptors (Lipinski definition) is 6. The predicted molar refractivity (Wildman–Crippen MR) is 60.3 cm³/mol. The summed E-state index contributed by atoms with van der Waals surface area (Å²) in [6, 6.07) is 2.96. The Kier molecular flexibility index (Phi) is 3.72. The molecule has 0 spiro atoms. The largest absolute Gasteiger partial charge is 0.417 e. The molecule has 0 aliphatic carbocycles. The van der Waals surface area contributed by atoms with Gasteiger partial charge in [-0.15, -0.1) is 0 Å². The molecular formula is C9H5ClF2N6O. The van der Waals surface area contributed by atoms with Crippen LogP contribution in [0.1, 0.15) is 5.69 Å². The molecule has 2 heterocycles. The number of aromatic amines is 1. The molecule has 7 nitrogen and oxygen atoms in total. The number of aromatic nitrogens is 4. The van der Waals surface area contributed by atoms with Crippen LogP contribution in [-0.2, 0) is 0 Å². The van der Waals surface area contributed by atoms with Crippen LogP contribution in [0.15, 0.2) is 12.3 Å².